The van der Waals surface area contributed by atoms with Gasteiger partial charge < -0.3 is 10.2 Å². The second-order valence-corrected chi connectivity index (χ2v) is 6.33. The summed E-state index contributed by atoms with van der Waals surface area (Å²) in [4.78, 5) is 24.1. The van der Waals surface area contributed by atoms with E-state index in [1.807, 2.05) is 30.3 Å². The second-order valence-electron chi connectivity index (χ2n) is 6.33. The molecule has 2 rings (SSSR count). The lowest BCUT2D eigenvalue weighted by atomic mass is 9.66. The Morgan fingerprint density at radius 1 is 1.22 bits per heavy atom. The van der Waals surface area contributed by atoms with Crippen molar-refractivity contribution in [3.63, 3.8) is 0 Å². The van der Waals surface area contributed by atoms with Crippen molar-refractivity contribution >= 4 is 17.6 Å². The predicted octanol–water partition coefficient (Wildman–Crippen LogP) is 3.08. The van der Waals surface area contributed by atoms with Crippen LogP contribution in [0.15, 0.2) is 47.7 Å². The predicted molar refractivity (Wildman–Crippen MR) is 88.7 cm³/mol. The molecular weight excluding hydrogens is 292 g/mol. The van der Waals surface area contributed by atoms with Gasteiger partial charge in [0.05, 0.1) is 11.5 Å². The third-order valence-electron chi connectivity index (χ3n) is 4.31. The zero-order chi connectivity index (χ0) is 17.2. The number of hydrogen-bond acceptors (Lipinski definition) is 4. The van der Waals surface area contributed by atoms with Crippen LogP contribution in [0, 0.1) is 11.8 Å². The van der Waals surface area contributed by atoms with Gasteiger partial charge in [-0.1, -0.05) is 42.5 Å². The molecule has 0 amide bonds. The van der Waals surface area contributed by atoms with Crippen molar-refractivity contribution in [1.29, 1.82) is 0 Å². The van der Waals surface area contributed by atoms with Gasteiger partial charge in [-0.3, -0.25) is 9.59 Å². The zero-order valence-electron chi connectivity index (χ0n) is 13.6. The minimum absolute atomic E-state index is 0.0954. The molecule has 122 valence electrons. The first-order valence-corrected chi connectivity index (χ1v) is 7.63. The number of Topliss-reactive ketones (excluding diaryl/α,β-unsaturated/α-hetero) is 2. The molecule has 0 radical (unpaired) electrons. The Kier molecular flexibility index (Phi) is 4.85. The smallest absolute Gasteiger partial charge is 0.159 e. The van der Waals surface area contributed by atoms with E-state index in [4.69, 9.17) is 0 Å². The maximum atomic E-state index is 12.1. The summed E-state index contributed by atoms with van der Waals surface area (Å²) < 4.78 is 0. The fraction of sp³-hybridized carbons (Fsp3) is 0.368. The summed E-state index contributed by atoms with van der Waals surface area (Å²) in [6.07, 6.45) is 3.43. The molecule has 3 unspecified atom stereocenters. The maximum Gasteiger partial charge on any atom is 0.159 e. The standard InChI is InChI=1S/C19H22O4/c1-12(20)17-15(10-9-14-7-5-4-6-8-14)18(13(2)21)19(3,23)11-16(17)22/h4-10,15,18,22-23H,11H2,1-3H3. The van der Waals surface area contributed by atoms with Gasteiger partial charge in [0.2, 0.25) is 0 Å². The summed E-state index contributed by atoms with van der Waals surface area (Å²) in [6.45, 7) is 4.30. The summed E-state index contributed by atoms with van der Waals surface area (Å²) >= 11 is 0. The first-order chi connectivity index (χ1) is 10.7. The van der Waals surface area contributed by atoms with Crippen molar-refractivity contribution in [2.24, 2.45) is 11.8 Å². The van der Waals surface area contributed by atoms with Crippen LogP contribution in [0.25, 0.3) is 6.08 Å². The number of benzene rings is 1. The van der Waals surface area contributed by atoms with E-state index in [-0.39, 0.29) is 29.3 Å². The average Bonchev–Trinajstić information content (AvgIpc) is 2.43. The van der Waals surface area contributed by atoms with E-state index in [2.05, 4.69) is 0 Å². The third kappa shape index (κ3) is 3.59. The van der Waals surface area contributed by atoms with Crippen molar-refractivity contribution in [1.82, 2.24) is 0 Å². The molecule has 0 spiro atoms. The Labute approximate surface area is 136 Å². The highest BCUT2D eigenvalue weighted by atomic mass is 16.3. The average molecular weight is 314 g/mol. The molecule has 0 fully saturated rings. The van der Waals surface area contributed by atoms with E-state index in [1.54, 1.807) is 12.2 Å². The Morgan fingerprint density at radius 2 is 1.83 bits per heavy atom. The summed E-state index contributed by atoms with van der Waals surface area (Å²) in [5.74, 6) is -2.04. The van der Waals surface area contributed by atoms with Gasteiger partial charge in [-0.15, -0.1) is 0 Å². The molecule has 23 heavy (non-hydrogen) atoms. The van der Waals surface area contributed by atoms with Crippen LogP contribution >= 0.6 is 0 Å². The fourth-order valence-electron chi connectivity index (χ4n) is 3.40. The Bertz CT molecular complexity index is 668. The van der Waals surface area contributed by atoms with Crippen LogP contribution in [-0.4, -0.2) is 27.4 Å². The second kappa shape index (κ2) is 6.50. The van der Waals surface area contributed by atoms with Crippen LogP contribution < -0.4 is 0 Å². The summed E-state index contributed by atoms with van der Waals surface area (Å²) in [6, 6.07) is 9.47. The Balaban J connectivity index is 2.51. The molecule has 1 aliphatic carbocycles. The van der Waals surface area contributed by atoms with E-state index < -0.39 is 17.4 Å². The van der Waals surface area contributed by atoms with Gasteiger partial charge in [0.25, 0.3) is 0 Å². The normalized spacial score (nSPS) is 28.2. The lowest BCUT2D eigenvalue weighted by Gasteiger charge is -2.40. The molecule has 0 heterocycles. The third-order valence-corrected chi connectivity index (χ3v) is 4.31. The molecule has 0 aromatic heterocycles. The minimum atomic E-state index is -1.39. The highest BCUT2D eigenvalue weighted by Gasteiger charge is 2.47. The molecule has 0 aliphatic heterocycles. The van der Waals surface area contributed by atoms with Crippen molar-refractivity contribution < 1.29 is 19.8 Å². The summed E-state index contributed by atoms with van der Waals surface area (Å²) in [7, 11) is 0. The zero-order valence-corrected chi connectivity index (χ0v) is 13.6. The number of carbonyl (C=O) groups excluding carboxylic acids is 2. The van der Waals surface area contributed by atoms with E-state index in [0.717, 1.165) is 5.56 Å². The largest absolute Gasteiger partial charge is 0.512 e. The quantitative estimate of drug-likeness (QED) is 0.895. The highest BCUT2D eigenvalue weighted by molar-refractivity contribution is 5.97. The Hall–Kier alpha value is -2.20. The van der Waals surface area contributed by atoms with Crippen LogP contribution in [0.4, 0.5) is 0 Å². The van der Waals surface area contributed by atoms with Gasteiger partial charge in [-0.25, -0.2) is 0 Å². The van der Waals surface area contributed by atoms with Gasteiger partial charge >= 0.3 is 0 Å². The Morgan fingerprint density at radius 3 is 2.35 bits per heavy atom. The topological polar surface area (TPSA) is 74.6 Å². The van der Waals surface area contributed by atoms with Gasteiger partial charge in [0.15, 0.2) is 5.78 Å². The first-order valence-electron chi connectivity index (χ1n) is 7.63. The molecule has 1 aromatic carbocycles. The molecule has 1 aromatic rings. The number of rotatable bonds is 4. The minimum Gasteiger partial charge on any atom is -0.512 e. The lowest BCUT2D eigenvalue weighted by molar-refractivity contribution is -0.133. The van der Waals surface area contributed by atoms with Gasteiger partial charge in [0.1, 0.15) is 11.5 Å². The molecule has 2 N–H and O–H groups in total. The van der Waals surface area contributed by atoms with E-state index in [0.29, 0.717) is 0 Å². The van der Waals surface area contributed by atoms with E-state index in [1.165, 1.54) is 20.8 Å². The number of aliphatic hydroxyl groups excluding tert-OH is 1. The molecule has 3 atom stereocenters. The fourth-order valence-corrected chi connectivity index (χ4v) is 3.40. The van der Waals surface area contributed by atoms with Gasteiger partial charge in [-0.05, 0) is 26.3 Å². The van der Waals surface area contributed by atoms with Crippen LogP contribution in [0.2, 0.25) is 0 Å². The molecule has 0 bridgehead atoms. The van der Waals surface area contributed by atoms with Crippen molar-refractivity contribution in [2.45, 2.75) is 32.8 Å². The first kappa shape index (κ1) is 17.2. The van der Waals surface area contributed by atoms with Crippen molar-refractivity contribution in [2.75, 3.05) is 0 Å². The number of allylic oxidation sites excluding steroid dienone is 2. The lowest BCUT2D eigenvalue weighted by Crippen LogP contribution is -2.47. The molecule has 4 nitrogen and oxygen atoms in total. The molecule has 0 saturated carbocycles. The number of aliphatic hydroxyl groups is 2. The highest BCUT2D eigenvalue weighted by Crippen LogP contribution is 2.42. The monoisotopic (exact) mass is 314 g/mol. The number of hydrogen-bond donors (Lipinski definition) is 2. The van der Waals surface area contributed by atoms with Crippen molar-refractivity contribution in [3.05, 3.63) is 53.3 Å². The molecule has 1 aliphatic rings. The summed E-state index contributed by atoms with van der Waals surface area (Å²) in [5.41, 5.74) is -0.257. The number of ketones is 2. The summed E-state index contributed by atoms with van der Waals surface area (Å²) in [5, 5.41) is 20.8. The van der Waals surface area contributed by atoms with Gasteiger partial charge in [-0.2, -0.15) is 0 Å². The van der Waals surface area contributed by atoms with Gasteiger partial charge in [0, 0.05) is 17.9 Å². The maximum absolute atomic E-state index is 12.1. The van der Waals surface area contributed by atoms with E-state index >= 15 is 0 Å². The molecule has 4 heteroatoms. The SMILES string of the molecule is CC(=O)C1=C(O)CC(C)(O)C(C(C)=O)C1C=Cc1ccccc1. The number of carbonyl (C=O) groups is 2. The van der Waals surface area contributed by atoms with Crippen LogP contribution in [0.5, 0.6) is 0 Å². The van der Waals surface area contributed by atoms with Crippen LogP contribution in [-0.2, 0) is 9.59 Å². The van der Waals surface area contributed by atoms with Crippen molar-refractivity contribution in [3.8, 4) is 0 Å². The van der Waals surface area contributed by atoms with Crippen LogP contribution in [0.3, 0.4) is 0 Å². The van der Waals surface area contributed by atoms with Crippen LogP contribution in [0.1, 0.15) is 32.8 Å². The van der Waals surface area contributed by atoms with E-state index in [9.17, 15) is 19.8 Å². The molecule has 0 saturated heterocycles. The molecular formula is C19H22O4.